The Bertz CT molecular complexity index is 1400. The molecule has 0 unspecified atom stereocenters. The van der Waals surface area contributed by atoms with Gasteiger partial charge in [-0.3, -0.25) is 19.4 Å². The fraction of sp³-hybridized carbons (Fsp3) is 0.361. The summed E-state index contributed by atoms with van der Waals surface area (Å²) in [5, 5.41) is 3.19. The second-order valence-corrected chi connectivity index (χ2v) is 12.2. The van der Waals surface area contributed by atoms with Gasteiger partial charge >= 0.3 is 0 Å². The molecular formula is C36H47N5O3. The van der Waals surface area contributed by atoms with Crippen LogP contribution in [0.1, 0.15) is 31.4 Å². The van der Waals surface area contributed by atoms with Crippen LogP contribution in [0, 0.1) is 0 Å². The van der Waals surface area contributed by atoms with Crippen molar-refractivity contribution in [2.75, 3.05) is 35.2 Å². The lowest BCUT2D eigenvalue weighted by molar-refractivity contribution is -0.154. The second kappa shape index (κ2) is 15.5. The van der Waals surface area contributed by atoms with Gasteiger partial charge in [0.2, 0.25) is 11.8 Å². The van der Waals surface area contributed by atoms with Crippen LogP contribution in [0.15, 0.2) is 97.1 Å². The summed E-state index contributed by atoms with van der Waals surface area (Å²) in [4.78, 5) is 44.4. The quantitative estimate of drug-likeness (QED) is 0.233. The molecule has 3 rings (SSSR count). The van der Waals surface area contributed by atoms with E-state index in [-0.39, 0.29) is 24.1 Å². The smallest absolute Gasteiger partial charge is 0.259 e. The Kier molecular flexibility index (Phi) is 12.0. The van der Waals surface area contributed by atoms with Crippen LogP contribution < -0.4 is 5.73 Å². The molecule has 0 aliphatic carbocycles. The molecule has 2 N–H and O–H groups in total. The molecule has 0 radical (unpaired) electrons. The monoisotopic (exact) mass is 597 g/mol. The predicted octanol–water partition coefficient (Wildman–Crippen LogP) is 4.41. The molecule has 3 aromatic rings. The fourth-order valence-electron chi connectivity index (χ4n) is 4.84. The van der Waals surface area contributed by atoms with Crippen molar-refractivity contribution in [1.29, 1.82) is 0 Å². The van der Waals surface area contributed by atoms with E-state index in [0.717, 1.165) is 22.3 Å². The minimum absolute atomic E-state index is 0.222. The van der Waals surface area contributed by atoms with E-state index in [2.05, 4.69) is 0 Å². The predicted molar refractivity (Wildman–Crippen MR) is 177 cm³/mol. The number of nitrogens with zero attached hydrogens (tertiary/aromatic N) is 4. The molecule has 44 heavy (non-hydrogen) atoms. The Morgan fingerprint density at radius 3 is 1.68 bits per heavy atom. The van der Waals surface area contributed by atoms with Crippen LogP contribution >= 0.6 is 0 Å². The number of hydrazine groups is 1. The van der Waals surface area contributed by atoms with Gasteiger partial charge in [-0.05, 0) is 48.6 Å². The van der Waals surface area contributed by atoms with Gasteiger partial charge in [0.1, 0.15) is 12.1 Å². The number of likely N-dealkylation sites (N-methyl/N-ethyl adjacent to an activating group) is 3. The lowest BCUT2D eigenvalue weighted by Crippen LogP contribution is -2.57. The Morgan fingerprint density at radius 2 is 1.16 bits per heavy atom. The third-order valence-corrected chi connectivity index (χ3v) is 7.79. The second-order valence-electron chi connectivity index (χ2n) is 12.2. The van der Waals surface area contributed by atoms with Crippen LogP contribution in [0.25, 0.3) is 11.1 Å². The SMILES string of the molecule is CN(C(=O)/C=C/CC(C)(C)N)[C@H](Cc1ccc(-c2ccccc2)cc1)C(=O)N(C)[C@H](Cc1ccccc1)C(=O)N(C)N(C)C. The number of rotatable bonds is 13. The highest BCUT2D eigenvalue weighted by atomic mass is 16.2. The van der Waals surface area contributed by atoms with E-state index in [1.165, 1.54) is 20.9 Å². The molecular weight excluding hydrogens is 550 g/mol. The topological polar surface area (TPSA) is 90.2 Å². The maximum absolute atomic E-state index is 14.3. The van der Waals surface area contributed by atoms with E-state index in [1.54, 1.807) is 46.3 Å². The summed E-state index contributed by atoms with van der Waals surface area (Å²) >= 11 is 0. The van der Waals surface area contributed by atoms with Gasteiger partial charge in [-0.1, -0.05) is 91.0 Å². The van der Waals surface area contributed by atoms with Gasteiger partial charge in [0.15, 0.2) is 0 Å². The summed E-state index contributed by atoms with van der Waals surface area (Å²) in [6.45, 7) is 3.78. The first-order valence-corrected chi connectivity index (χ1v) is 14.9. The van der Waals surface area contributed by atoms with Gasteiger partial charge in [-0.15, -0.1) is 0 Å². The number of hydrogen-bond acceptors (Lipinski definition) is 5. The minimum Gasteiger partial charge on any atom is -0.332 e. The molecule has 0 aromatic heterocycles. The Hall–Kier alpha value is -4.27. The minimum atomic E-state index is -0.846. The third-order valence-electron chi connectivity index (χ3n) is 7.79. The van der Waals surface area contributed by atoms with Gasteiger partial charge in [-0.25, -0.2) is 5.01 Å². The summed E-state index contributed by atoms with van der Waals surface area (Å²) in [5.74, 6) is -0.847. The molecule has 2 atom stereocenters. The molecule has 8 nitrogen and oxygen atoms in total. The van der Waals surface area contributed by atoms with Gasteiger partial charge < -0.3 is 15.5 Å². The van der Waals surface area contributed by atoms with Gasteiger partial charge in [0, 0.05) is 53.6 Å². The number of benzene rings is 3. The molecule has 0 aliphatic rings. The zero-order valence-corrected chi connectivity index (χ0v) is 27.1. The van der Waals surface area contributed by atoms with E-state index in [1.807, 2.05) is 98.8 Å². The highest BCUT2D eigenvalue weighted by Gasteiger charge is 2.36. The molecule has 0 saturated heterocycles. The van der Waals surface area contributed by atoms with Crippen LogP contribution in [0.4, 0.5) is 0 Å². The molecule has 234 valence electrons. The van der Waals surface area contributed by atoms with Crippen molar-refractivity contribution in [3.05, 3.63) is 108 Å². The van der Waals surface area contributed by atoms with E-state index >= 15 is 0 Å². The molecule has 0 spiro atoms. The largest absolute Gasteiger partial charge is 0.332 e. The normalized spacial score (nSPS) is 13.0. The van der Waals surface area contributed by atoms with Gasteiger partial charge in [0.05, 0.1) is 0 Å². The average molecular weight is 598 g/mol. The Morgan fingerprint density at radius 1 is 0.682 bits per heavy atom. The van der Waals surface area contributed by atoms with Crippen LogP contribution in [-0.4, -0.2) is 90.4 Å². The Labute approximate surface area is 262 Å². The van der Waals surface area contributed by atoms with Crippen molar-refractivity contribution in [3.8, 4) is 11.1 Å². The van der Waals surface area contributed by atoms with Crippen LogP contribution in [0.3, 0.4) is 0 Å². The van der Waals surface area contributed by atoms with Gasteiger partial charge in [0.25, 0.3) is 5.91 Å². The maximum atomic E-state index is 14.3. The van der Waals surface area contributed by atoms with Crippen LogP contribution in [0.5, 0.6) is 0 Å². The molecule has 0 saturated carbocycles. The van der Waals surface area contributed by atoms with Gasteiger partial charge in [-0.2, -0.15) is 0 Å². The molecule has 3 amide bonds. The standard InChI is InChI=1S/C36H47N5O3/c1-36(2,37)24-14-19-33(42)39(5)31(26-28-20-22-30(23-21-28)29-17-12-9-13-18-29)34(43)40(6)32(35(44)41(7)38(3)4)25-27-15-10-8-11-16-27/h8-23,31-32H,24-26,37H2,1-7H3/b19-14+/t31-,32-/m1/s1. The number of carbonyl (C=O) groups excluding carboxylic acids is 3. The molecule has 3 aromatic carbocycles. The number of amides is 3. The summed E-state index contributed by atoms with van der Waals surface area (Å²) in [7, 11) is 8.53. The number of carbonyl (C=O) groups is 3. The fourth-order valence-corrected chi connectivity index (χ4v) is 4.84. The molecule has 0 bridgehead atoms. The van der Waals surface area contributed by atoms with Crippen molar-refractivity contribution in [1.82, 2.24) is 19.8 Å². The molecule has 8 heteroatoms. The van der Waals surface area contributed by atoms with E-state index in [0.29, 0.717) is 12.8 Å². The maximum Gasteiger partial charge on any atom is 0.259 e. The molecule has 0 fully saturated rings. The first-order chi connectivity index (χ1) is 20.8. The first-order valence-electron chi connectivity index (χ1n) is 14.9. The van der Waals surface area contributed by atoms with E-state index in [9.17, 15) is 14.4 Å². The number of nitrogens with two attached hydrogens (primary N) is 1. The Balaban J connectivity index is 1.95. The van der Waals surface area contributed by atoms with Crippen LogP contribution in [-0.2, 0) is 27.2 Å². The summed E-state index contributed by atoms with van der Waals surface area (Å²) in [6.07, 6.45) is 4.34. The molecule has 0 heterocycles. The zero-order valence-electron chi connectivity index (χ0n) is 27.1. The summed E-state index contributed by atoms with van der Waals surface area (Å²) in [6, 6.07) is 26.1. The average Bonchev–Trinajstić information content (AvgIpc) is 3.01. The number of hydrogen-bond donors (Lipinski definition) is 1. The lowest BCUT2D eigenvalue weighted by atomic mass is 9.98. The highest BCUT2D eigenvalue weighted by Crippen LogP contribution is 2.22. The summed E-state index contributed by atoms with van der Waals surface area (Å²) in [5.41, 5.74) is 9.63. The summed E-state index contributed by atoms with van der Waals surface area (Å²) < 4.78 is 0. The first kappa shape index (κ1) is 34.2. The van der Waals surface area contributed by atoms with Crippen molar-refractivity contribution in [2.45, 2.75) is 50.7 Å². The lowest BCUT2D eigenvalue weighted by Gasteiger charge is -2.37. The van der Waals surface area contributed by atoms with Crippen molar-refractivity contribution < 1.29 is 14.4 Å². The van der Waals surface area contributed by atoms with E-state index < -0.39 is 17.6 Å². The highest BCUT2D eigenvalue weighted by molar-refractivity contribution is 5.95. The van der Waals surface area contributed by atoms with Crippen LogP contribution in [0.2, 0.25) is 0 Å². The zero-order chi connectivity index (χ0) is 32.4. The van der Waals surface area contributed by atoms with E-state index in [4.69, 9.17) is 5.73 Å². The van der Waals surface area contributed by atoms with Crippen molar-refractivity contribution in [3.63, 3.8) is 0 Å². The van der Waals surface area contributed by atoms with Crippen molar-refractivity contribution >= 4 is 17.7 Å². The van der Waals surface area contributed by atoms with Crippen molar-refractivity contribution in [2.24, 2.45) is 5.73 Å². The molecule has 0 aliphatic heterocycles. The third kappa shape index (κ3) is 9.62.